The van der Waals surface area contributed by atoms with Crippen molar-refractivity contribution in [3.05, 3.63) is 24.2 Å². The number of nitrogens with zero attached hydrogens (tertiary/aromatic N) is 1. The van der Waals surface area contributed by atoms with Gasteiger partial charge in [0.05, 0.1) is 19.4 Å². The lowest BCUT2D eigenvalue weighted by Gasteiger charge is -2.30. The first-order valence-corrected chi connectivity index (χ1v) is 6.79. The summed E-state index contributed by atoms with van der Waals surface area (Å²) in [5, 5.41) is 0. The summed E-state index contributed by atoms with van der Waals surface area (Å²) in [6, 6.07) is 3.40. The number of amides is 1. The van der Waals surface area contributed by atoms with Crippen LogP contribution in [0, 0.1) is 0 Å². The highest BCUT2D eigenvalue weighted by atomic mass is 16.5. The largest absolute Gasteiger partial charge is 0.467 e. The van der Waals surface area contributed by atoms with E-state index in [9.17, 15) is 4.79 Å². The molecule has 0 saturated heterocycles. The number of hydrogen-bond donors (Lipinski definition) is 1. The molecule has 5 nitrogen and oxygen atoms in total. The zero-order valence-electron chi connectivity index (χ0n) is 11.4. The van der Waals surface area contributed by atoms with Crippen LogP contribution in [-0.2, 0) is 16.1 Å². The van der Waals surface area contributed by atoms with Crippen molar-refractivity contribution < 1.29 is 13.9 Å². The van der Waals surface area contributed by atoms with Crippen molar-refractivity contribution >= 4 is 5.91 Å². The Morgan fingerprint density at radius 3 is 2.89 bits per heavy atom. The predicted molar refractivity (Wildman–Crippen MR) is 71.4 cm³/mol. The monoisotopic (exact) mass is 266 g/mol. The molecule has 1 aromatic heterocycles. The molecule has 1 aliphatic carbocycles. The van der Waals surface area contributed by atoms with Gasteiger partial charge in [0, 0.05) is 13.2 Å². The van der Waals surface area contributed by atoms with E-state index in [-0.39, 0.29) is 18.6 Å². The zero-order valence-corrected chi connectivity index (χ0v) is 11.4. The van der Waals surface area contributed by atoms with E-state index in [4.69, 9.17) is 14.9 Å². The molecule has 2 rings (SSSR count). The third-order valence-corrected chi connectivity index (χ3v) is 3.62. The van der Waals surface area contributed by atoms with Gasteiger partial charge in [-0.1, -0.05) is 12.8 Å². The Morgan fingerprint density at radius 1 is 1.58 bits per heavy atom. The second-order valence-electron chi connectivity index (χ2n) is 5.05. The molecule has 1 aromatic rings. The van der Waals surface area contributed by atoms with Gasteiger partial charge in [-0.05, 0) is 25.0 Å². The van der Waals surface area contributed by atoms with Crippen molar-refractivity contribution in [3.8, 4) is 0 Å². The molecule has 0 spiro atoms. The minimum absolute atomic E-state index is 0.0508. The molecule has 0 aliphatic heterocycles. The number of furan rings is 1. The molecule has 1 saturated carbocycles. The van der Waals surface area contributed by atoms with Gasteiger partial charge >= 0.3 is 0 Å². The van der Waals surface area contributed by atoms with Gasteiger partial charge in [0.25, 0.3) is 0 Å². The molecule has 1 amide bonds. The number of ether oxygens (including phenoxy) is 1. The molecule has 5 heteroatoms. The maximum Gasteiger partial charge on any atom is 0.242 e. The van der Waals surface area contributed by atoms with Crippen LogP contribution in [0.4, 0.5) is 0 Å². The number of methoxy groups -OCH3 is 1. The van der Waals surface area contributed by atoms with Crippen molar-refractivity contribution in [2.75, 3.05) is 13.7 Å². The quantitative estimate of drug-likeness (QED) is 0.847. The Hall–Kier alpha value is -1.33. The number of rotatable bonds is 6. The van der Waals surface area contributed by atoms with E-state index in [2.05, 4.69) is 0 Å². The van der Waals surface area contributed by atoms with E-state index in [1.807, 2.05) is 17.0 Å². The Morgan fingerprint density at radius 2 is 2.32 bits per heavy atom. The maximum atomic E-state index is 12.4. The maximum absolute atomic E-state index is 12.4. The number of carbonyl (C=O) groups is 1. The fraction of sp³-hybridized carbons (Fsp3) is 0.643. The molecule has 1 fully saturated rings. The van der Waals surface area contributed by atoms with Gasteiger partial charge in [0.15, 0.2) is 0 Å². The van der Waals surface area contributed by atoms with Gasteiger partial charge in [-0.2, -0.15) is 0 Å². The third-order valence-electron chi connectivity index (χ3n) is 3.62. The van der Waals surface area contributed by atoms with Crippen LogP contribution in [0.2, 0.25) is 0 Å². The first-order valence-electron chi connectivity index (χ1n) is 6.79. The van der Waals surface area contributed by atoms with E-state index in [1.54, 1.807) is 13.4 Å². The Kier molecular flexibility index (Phi) is 4.99. The van der Waals surface area contributed by atoms with Crippen molar-refractivity contribution in [2.45, 2.75) is 44.3 Å². The number of carbonyl (C=O) groups excluding carboxylic acids is 1. The van der Waals surface area contributed by atoms with E-state index in [0.717, 1.165) is 18.6 Å². The molecule has 1 heterocycles. The van der Waals surface area contributed by atoms with Crippen molar-refractivity contribution in [3.63, 3.8) is 0 Å². The van der Waals surface area contributed by atoms with Gasteiger partial charge in [0.1, 0.15) is 11.8 Å². The lowest BCUT2D eigenvalue weighted by Crippen LogP contribution is -2.49. The highest BCUT2D eigenvalue weighted by Crippen LogP contribution is 2.25. The molecule has 2 N–H and O–H groups in total. The van der Waals surface area contributed by atoms with E-state index in [1.165, 1.54) is 12.8 Å². The van der Waals surface area contributed by atoms with Gasteiger partial charge in [-0.3, -0.25) is 4.79 Å². The molecule has 0 radical (unpaired) electrons. The molecular weight excluding hydrogens is 244 g/mol. The second-order valence-corrected chi connectivity index (χ2v) is 5.05. The molecule has 1 aliphatic rings. The average molecular weight is 266 g/mol. The minimum Gasteiger partial charge on any atom is -0.467 e. The van der Waals surface area contributed by atoms with Crippen LogP contribution in [0.3, 0.4) is 0 Å². The summed E-state index contributed by atoms with van der Waals surface area (Å²) in [6.45, 7) is 0.744. The highest BCUT2D eigenvalue weighted by Gasteiger charge is 2.30. The summed E-state index contributed by atoms with van der Waals surface area (Å²) < 4.78 is 10.3. The van der Waals surface area contributed by atoms with Crippen LogP contribution in [0.15, 0.2) is 22.8 Å². The van der Waals surface area contributed by atoms with Crippen LogP contribution in [0.5, 0.6) is 0 Å². The molecule has 1 unspecified atom stereocenters. The fourth-order valence-electron chi connectivity index (χ4n) is 2.64. The normalized spacial score (nSPS) is 17.6. The minimum atomic E-state index is -0.597. The topological polar surface area (TPSA) is 68.7 Å². The van der Waals surface area contributed by atoms with Crippen LogP contribution >= 0.6 is 0 Å². The highest BCUT2D eigenvalue weighted by molar-refractivity contribution is 5.82. The van der Waals surface area contributed by atoms with Crippen LogP contribution in [-0.4, -0.2) is 36.6 Å². The smallest absolute Gasteiger partial charge is 0.242 e. The number of nitrogens with two attached hydrogens (primary N) is 1. The molecule has 0 bridgehead atoms. The third kappa shape index (κ3) is 3.58. The zero-order chi connectivity index (χ0) is 13.7. The van der Waals surface area contributed by atoms with Crippen LogP contribution in [0.25, 0.3) is 0 Å². The first kappa shape index (κ1) is 14.1. The Balaban J connectivity index is 2.06. The summed E-state index contributed by atoms with van der Waals surface area (Å²) in [6.07, 6.45) is 6.07. The lowest BCUT2D eigenvalue weighted by molar-refractivity contribution is -0.137. The standard InChI is InChI=1S/C14H22N2O3/c1-18-10-13(15)14(17)16(11-5-2-3-6-11)9-12-7-4-8-19-12/h4,7-8,11,13H,2-3,5-6,9-10,15H2,1H3. The van der Waals surface area contributed by atoms with Crippen molar-refractivity contribution in [1.29, 1.82) is 0 Å². The van der Waals surface area contributed by atoms with Gasteiger partial charge in [-0.25, -0.2) is 0 Å². The van der Waals surface area contributed by atoms with Gasteiger partial charge in [-0.15, -0.1) is 0 Å². The number of hydrogen-bond acceptors (Lipinski definition) is 4. The summed E-state index contributed by atoms with van der Waals surface area (Å²) in [4.78, 5) is 14.3. The van der Waals surface area contributed by atoms with Crippen molar-refractivity contribution in [1.82, 2.24) is 4.90 Å². The molecule has 106 valence electrons. The summed E-state index contributed by atoms with van der Waals surface area (Å²) in [5.41, 5.74) is 5.88. The van der Waals surface area contributed by atoms with E-state index >= 15 is 0 Å². The average Bonchev–Trinajstić information content (AvgIpc) is 3.08. The molecule has 0 aromatic carbocycles. The summed E-state index contributed by atoms with van der Waals surface area (Å²) in [5.74, 6) is 0.745. The summed E-state index contributed by atoms with van der Waals surface area (Å²) in [7, 11) is 1.56. The molecule has 19 heavy (non-hydrogen) atoms. The predicted octanol–water partition coefficient (Wildman–Crippen LogP) is 1.52. The van der Waals surface area contributed by atoms with Gasteiger partial charge < -0.3 is 19.8 Å². The van der Waals surface area contributed by atoms with E-state index in [0.29, 0.717) is 6.54 Å². The summed E-state index contributed by atoms with van der Waals surface area (Å²) >= 11 is 0. The fourth-order valence-corrected chi connectivity index (χ4v) is 2.64. The Labute approximate surface area is 113 Å². The lowest BCUT2D eigenvalue weighted by atomic mass is 10.1. The SMILES string of the molecule is COCC(N)C(=O)N(Cc1ccco1)C1CCCC1. The van der Waals surface area contributed by atoms with Crippen molar-refractivity contribution in [2.24, 2.45) is 5.73 Å². The van der Waals surface area contributed by atoms with E-state index < -0.39 is 6.04 Å². The Bertz CT molecular complexity index is 385. The van der Waals surface area contributed by atoms with Crippen LogP contribution in [0.1, 0.15) is 31.4 Å². The van der Waals surface area contributed by atoms with Crippen LogP contribution < -0.4 is 5.73 Å². The molecule has 1 atom stereocenters. The second kappa shape index (κ2) is 6.73. The first-order chi connectivity index (χ1) is 9.22. The van der Waals surface area contributed by atoms with Gasteiger partial charge in [0.2, 0.25) is 5.91 Å². The molecular formula is C14H22N2O3.